The van der Waals surface area contributed by atoms with Gasteiger partial charge in [-0.2, -0.15) is 5.10 Å². The van der Waals surface area contributed by atoms with Gasteiger partial charge in [-0.15, -0.1) is 0 Å². The van der Waals surface area contributed by atoms with Crippen LogP contribution in [0, 0.1) is 0 Å². The molecule has 0 aromatic carbocycles. The summed E-state index contributed by atoms with van der Waals surface area (Å²) >= 11 is 0. The maximum atomic E-state index is 12.8. The Morgan fingerprint density at radius 3 is 2.65 bits per heavy atom. The summed E-state index contributed by atoms with van der Waals surface area (Å²) in [6, 6.07) is 0. The summed E-state index contributed by atoms with van der Waals surface area (Å²) in [5.41, 5.74) is 2.79. The minimum absolute atomic E-state index is 0.0746. The van der Waals surface area contributed by atoms with Crippen LogP contribution < -0.4 is 5.32 Å². The topological polar surface area (TPSA) is 70.2 Å². The molecule has 0 unspecified atom stereocenters. The highest BCUT2D eigenvalue weighted by atomic mass is 16.5. The third kappa shape index (κ3) is 3.15. The fourth-order valence-electron chi connectivity index (χ4n) is 4.04. The Labute approximate surface area is 137 Å². The van der Waals surface area contributed by atoms with Crippen LogP contribution in [0.5, 0.6) is 0 Å². The highest BCUT2D eigenvalue weighted by Gasteiger charge is 2.30. The molecule has 6 heteroatoms. The SMILES string of the molecule is O=C(c1n[nH]c2c1CNCC2)N1CCC(OC2CCCC2)CC1. The highest BCUT2D eigenvalue weighted by Crippen LogP contribution is 2.26. The van der Waals surface area contributed by atoms with Crippen LogP contribution in [0.3, 0.4) is 0 Å². The lowest BCUT2D eigenvalue weighted by Crippen LogP contribution is -2.42. The number of ether oxygens (including phenoxy) is 1. The Morgan fingerprint density at radius 1 is 1.13 bits per heavy atom. The fraction of sp³-hybridized carbons (Fsp3) is 0.765. The number of likely N-dealkylation sites (tertiary alicyclic amines) is 1. The molecular formula is C17H26N4O2. The largest absolute Gasteiger partial charge is 0.375 e. The molecule has 23 heavy (non-hydrogen) atoms. The zero-order chi connectivity index (χ0) is 15.6. The average Bonchev–Trinajstić information content (AvgIpc) is 3.24. The number of H-pyrrole nitrogens is 1. The number of nitrogens with one attached hydrogen (secondary N) is 2. The molecule has 0 atom stereocenters. The van der Waals surface area contributed by atoms with E-state index in [0.717, 1.165) is 56.7 Å². The predicted octanol–water partition coefficient (Wildman–Crippen LogP) is 1.62. The number of aromatic nitrogens is 2. The first kappa shape index (κ1) is 15.1. The number of rotatable bonds is 3. The third-order valence-corrected chi connectivity index (χ3v) is 5.43. The van der Waals surface area contributed by atoms with Gasteiger partial charge in [-0.05, 0) is 25.7 Å². The summed E-state index contributed by atoms with van der Waals surface area (Å²) in [6.07, 6.45) is 8.66. The Balaban J connectivity index is 1.34. The first-order valence-electron chi connectivity index (χ1n) is 9.03. The van der Waals surface area contributed by atoms with Gasteiger partial charge < -0.3 is 15.0 Å². The number of piperidine rings is 1. The van der Waals surface area contributed by atoms with Crippen molar-refractivity contribution in [2.75, 3.05) is 19.6 Å². The van der Waals surface area contributed by atoms with Crippen LogP contribution in [-0.4, -0.2) is 52.8 Å². The Morgan fingerprint density at radius 2 is 1.87 bits per heavy atom. The summed E-state index contributed by atoms with van der Waals surface area (Å²) in [5, 5.41) is 10.7. The Hall–Kier alpha value is -1.40. The molecule has 1 amide bonds. The molecule has 1 aromatic heterocycles. The van der Waals surface area contributed by atoms with E-state index in [1.54, 1.807) is 0 Å². The van der Waals surface area contributed by atoms with Crippen LogP contribution in [0.4, 0.5) is 0 Å². The molecule has 3 heterocycles. The number of aromatic amines is 1. The van der Waals surface area contributed by atoms with Crippen molar-refractivity contribution in [2.24, 2.45) is 0 Å². The molecule has 126 valence electrons. The smallest absolute Gasteiger partial charge is 0.274 e. The molecule has 0 spiro atoms. The van der Waals surface area contributed by atoms with Crippen LogP contribution in [0.25, 0.3) is 0 Å². The monoisotopic (exact) mass is 318 g/mol. The van der Waals surface area contributed by atoms with Gasteiger partial charge in [0.15, 0.2) is 5.69 Å². The summed E-state index contributed by atoms with van der Waals surface area (Å²) in [6.45, 7) is 3.26. The van der Waals surface area contributed by atoms with Crippen molar-refractivity contribution in [3.05, 3.63) is 17.0 Å². The molecule has 6 nitrogen and oxygen atoms in total. The predicted molar refractivity (Wildman–Crippen MR) is 86.3 cm³/mol. The number of amides is 1. The molecule has 4 rings (SSSR count). The lowest BCUT2D eigenvalue weighted by molar-refractivity contribution is -0.0358. The van der Waals surface area contributed by atoms with E-state index in [-0.39, 0.29) is 5.91 Å². The van der Waals surface area contributed by atoms with Gasteiger partial charge in [0.2, 0.25) is 0 Å². The van der Waals surface area contributed by atoms with Crippen molar-refractivity contribution in [1.29, 1.82) is 0 Å². The van der Waals surface area contributed by atoms with Crippen molar-refractivity contribution >= 4 is 5.91 Å². The first-order valence-corrected chi connectivity index (χ1v) is 9.03. The summed E-state index contributed by atoms with van der Waals surface area (Å²) < 4.78 is 6.19. The van der Waals surface area contributed by atoms with E-state index in [9.17, 15) is 4.79 Å². The molecule has 3 aliphatic rings. The van der Waals surface area contributed by atoms with Gasteiger partial charge in [0.25, 0.3) is 5.91 Å². The van der Waals surface area contributed by atoms with Crippen LogP contribution >= 0.6 is 0 Å². The zero-order valence-electron chi connectivity index (χ0n) is 13.6. The Bertz CT molecular complexity index is 557. The van der Waals surface area contributed by atoms with E-state index in [2.05, 4.69) is 15.5 Å². The van der Waals surface area contributed by atoms with E-state index in [0.29, 0.717) is 17.9 Å². The maximum absolute atomic E-state index is 12.8. The molecule has 2 fully saturated rings. The standard InChI is InChI=1S/C17H26N4O2/c22-17(16-14-11-18-8-5-15(14)19-20-16)21-9-6-13(7-10-21)23-12-3-1-2-4-12/h12-13,18H,1-11H2,(H,19,20). The second kappa shape index (κ2) is 6.61. The molecule has 1 saturated carbocycles. The van der Waals surface area contributed by atoms with Crippen LogP contribution in [0.15, 0.2) is 0 Å². The summed E-state index contributed by atoms with van der Waals surface area (Å²) in [7, 11) is 0. The maximum Gasteiger partial charge on any atom is 0.274 e. The van der Waals surface area contributed by atoms with Crippen molar-refractivity contribution in [1.82, 2.24) is 20.4 Å². The quantitative estimate of drug-likeness (QED) is 0.888. The van der Waals surface area contributed by atoms with Crippen LogP contribution in [0.1, 0.15) is 60.3 Å². The molecule has 1 aliphatic carbocycles. The molecule has 0 radical (unpaired) electrons. The zero-order valence-corrected chi connectivity index (χ0v) is 13.6. The number of carbonyl (C=O) groups is 1. The van der Waals surface area contributed by atoms with E-state index in [4.69, 9.17) is 4.74 Å². The minimum Gasteiger partial charge on any atom is -0.375 e. The second-order valence-electron chi connectivity index (χ2n) is 6.99. The number of carbonyl (C=O) groups excluding carboxylic acids is 1. The van der Waals surface area contributed by atoms with E-state index in [1.165, 1.54) is 25.7 Å². The number of hydrogen-bond donors (Lipinski definition) is 2. The summed E-state index contributed by atoms with van der Waals surface area (Å²) in [4.78, 5) is 14.7. The molecule has 2 N–H and O–H groups in total. The van der Waals surface area contributed by atoms with Gasteiger partial charge in [0.05, 0.1) is 12.2 Å². The van der Waals surface area contributed by atoms with E-state index in [1.807, 2.05) is 4.90 Å². The molecule has 0 bridgehead atoms. The first-order chi connectivity index (χ1) is 11.3. The van der Waals surface area contributed by atoms with Gasteiger partial charge in [-0.3, -0.25) is 9.89 Å². The second-order valence-corrected chi connectivity index (χ2v) is 6.99. The lowest BCUT2D eigenvalue weighted by atomic mass is 10.0. The van der Waals surface area contributed by atoms with Gasteiger partial charge in [0, 0.05) is 43.9 Å². The van der Waals surface area contributed by atoms with Crippen molar-refractivity contribution in [3.63, 3.8) is 0 Å². The Kier molecular flexibility index (Phi) is 4.35. The number of hydrogen-bond acceptors (Lipinski definition) is 4. The normalized spacial score (nSPS) is 23.2. The number of nitrogens with zero attached hydrogens (tertiary/aromatic N) is 2. The number of fused-ring (bicyclic) bond motifs is 1. The van der Waals surface area contributed by atoms with Crippen LogP contribution in [0.2, 0.25) is 0 Å². The van der Waals surface area contributed by atoms with Gasteiger partial charge in [0.1, 0.15) is 0 Å². The van der Waals surface area contributed by atoms with Gasteiger partial charge in [-0.1, -0.05) is 12.8 Å². The third-order valence-electron chi connectivity index (χ3n) is 5.43. The molecular weight excluding hydrogens is 292 g/mol. The average molecular weight is 318 g/mol. The van der Waals surface area contributed by atoms with Crippen LogP contribution in [-0.2, 0) is 17.7 Å². The van der Waals surface area contributed by atoms with Gasteiger partial charge >= 0.3 is 0 Å². The van der Waals surface area contributed by atoms with E-state index < -0.39 is 0 Å². The molecule has 1 saturated heterocycles. The lowest BCUT2D eigenvalue weighted by Gasteiger charge is -2.33. The van der Waals surface area contributed by atoms with Gasteiger partial charge in [-0.25, -0.2) is 0 Å². The molecule has 2 aliphatic heterocycles. The van der Waals surface area contributed by atoms with Crippen molar-refractivity contribution in [3.8, 4) is 0 Å². The van der Waals surface area contributed by atoms with Crippen molar-refractivity contribution < 1.29 is 9.53 Å². The van der Waals surface area contributed by atoms with Crippen molar-refractivity contribution in [2.45, 2.75) is 63.7 Å². The van der Waals surface area contributed by atoms with E-state index >= 15 is 0 Å². The highest BCUT2D eigenvalue weighted by molar-refractivity contribution is 5.94. The fourth-order valence-corrected chi connectivity index (χ4v) is 4.04. The molecule has 1 aromatic rings. The summed E-state index contributed by atoms with van der Waals surface area (Å²) in [5.74, 6) is 0.0746. The minimum atomic E-state index is 0.0746.